The van der Waals surface area contributed by atoms with E-state index >= 15 is 0 Å². The summed E-state index contributed by atoms with van der Waals surface area (Å²) in [5.74, 6) is 2.26. The molecule has 2 aromatic carbocycles. The maximum Gasteiger partial charge on any atom is 0.125 e. The molecule has 2 aromatic rings. The Morgan fingerprint density at radius 1 is 0.952 bits per heavy atom. The van der Waals surface area contributed by atoms with Gasteiger partial charge in [-0.15, -0.1) is 0 Å². The second kappa shape index (κ2) is 7.76. The molecule has 0 atom stereocenters. The molecule has 2 rings (SSSR count). The molecule has 0 aliphatic rings. The summed E-state index contributed by atoms with van der Waals surface area (Å²) in [5, 5.41) is 0.617. The fourth-order valence-corrected chi connectivity index (χ4v) is 2.10. The minimum atomic E-state index is 0.342. The number of nitrogens with two attached hydrogens (primary N) is 1. The fraction of sp³-hybridized carbons (Fsp3) is 0.250. The van der Waals surface area contributed by atoms with Crippen molar-refractivity contribution in [1.82, 2.24) is 0 Å². The Balaban J connectivity index is 1.83. The highest BCUT2D eigenvalue weighted by atomic mass is 35.5. The van der Waals surface area contributed by atoms with E-state index in [9.17, 15) is 0 Å². The van der Waals surface area contributed by atoms with Gasteiger partial charge in [0.15, 0.2) is 0 Å². The van der Waals surface area contributed by atoms with Gasteiger partial charge in [0.05, 0.1) is 7.11 Å². The van der Waals surface area contributed by atoms with Crippen molar-refractivity contribution in [2.75, 3.05) is 20.3 Å². The van der Waals surface area contributed by atoms with Gasteiger partial charge in [-0.1, -0.05) is 17.7 Å². The first-order valence-electron chi connectivity index (χ1n) is 6.61. The van der Waals surface area contributed by atoms with Crippen LogP contribution in [-0.2, 0) is 6.54 Å². The van der Waals surface area contributed by atoms with Crippen molar-refractivity contribution in [2.45, 2.75) is 6.54 Å². The van der Waals surface area contributed by atoms with Gasteiger partial charge in [0.2, 0.25) is 0 Å². The van der Waals surface area contributed by atoms with Crippen LogP contribution >= 0.6 is 11.6 Å². The SMILES string of the molecule is COc1ccc(OCCOc2cccc(Cl)c2CN)cc1. The molecular formula is C16H18ClNO3. The lowest BCUT2D eigenvalue weighted by Crippen LogP contribution is -2.11. The molecule has 0 aliphatic heterocycles. The van der Waals surface area contributed by atoms with Crippen molar-refractivity contribution in [2.24, 2.45) is 5.73 Å². The van der Waals surface area contributed by atoms with Crippen molar-refractivity contribution in [3.05, 3.63) is 53.1 Å². The van der Waals surface area contributed by atoms with Gasteiger partial charge in [0.25, 0.3) is 0 Å². The summed E-state index contributed by atoms with van der Waals surface area (Å²) in [7, 11) is 1.63. The molecule has 0 unspecified atom stereocenters. The van der Waals surface area contributed by atoms with Gasteiger partial charge in [0, 0.05) is 17.1 Å². The molecule has 112 valence electrons. The van der Waals surface area contributed by atoms with E-state index in [1.54, 1.807) is 13.2 Å². The number of methoxy groups -OCH3 is 1. The van der Waals surface area contributed by atoms with E-state index in [4.69, 9.17) is 31.5 Å². The lowest BCUT2D eigenvalue weighted by molar-refractivity contribution is 0.216. The molecule has 4 nitrogen and oxygen atoms in total. The molecule has 5 heteroatoms. The molecule has 0 spiro atoms. The average molecular weight is 308 g/mol. The maximum absolute atomic E-state index is 6.06. The van der Waals surface area contributed by atoms with Gasteiger partial charge in [-0.05, 0) is 36.4 Å². The van der Waals surface area contributed by atoms with Crippen molar-refractivity contribution >= 4 is 11.6 Å². The van der Waals surface area contributed by atoms with E-state index in [2.05, 4.69) is 0 Å². The lowest BCUT2D eigenvalue weighted by atomic mass is 10.2. The van der Waals surface area contributed by atoms with Gasteiger partial charge in [-0.25, -0.2) is 0 Å². The predicted octanol–water partition coefficient (Wildman–Crippen LogP) is 3.27. The maximum atomic E-state index is 6.06. The standard InChI is InChI=1S/C16H18ClNO3/c1-19-12-5-7-13(8-6-12)20-9-10-21-16-4-2-3-15(17)14(16)11-18/h2-8H,9-11,18H2,1H3. The van der Waals surface area contributed by atoms with Crippen LogP contribution in [0.2, 0.25) is 5.02 Å². The number of rotatable bonds is 7. The molecule has 0 aliphatic carbocycles. The zero-order chi connectivity index (χ0) is 15.1. The Hall–Kier alpha value is -1.91. The number of hydrogen-bond acceptors (Lipinski definition) is 4. The number of benzene rings is 2. The Bertz CT molecular complexity index is 572. The third-order valence-corrected chi connectivity index (χ3v) is 3.30. The first-order valence-corrected chi connectivity index (χ1v) is 6.99. The Labute approximate surface area is 129 Å². The minimum absolute atomic E-state index is 0.342. The molecule has 0 heterocycles. The second-order valence-electron chi connectivity index (χ2n) is 4.29. The summed E-state index contributed by atoms with van der Waals surface area (Å²) < 4.78 is 16.3. The first-order chi connectivity index (χ1) is 10.2. The summed E-state index contributed by atoms with van der Waals surface area (Å²) in [6.45, 7) is 1.19. The second-order valence-corrected chi connectivity index (χ2v) is 4.70. The Morgan fingerprint density at radius 2 is 1.62 bits per heavy atom. The summed E-state index contributed by atoms with van der Waals surface area (Å²) in [6, 6.07) is 12.9. The smallest absolute Gasteiger partial charge is 0.125 e. The molecular weight excluding hydrogens is 290 g/mol. The van der Waals surface area contributed by atoms with E-state index in [0.717, 1.165) is 17.1 Å². The van der Waals surface area contributed by atoms with Crippen molar-refractivity contribution in [1.29, 1.82) is 0 Å². The lowest BCUT2D eigenvalue weighted by Gasteiger charge is -2.12. The van der Waals surface area contributed by atoms with Crippen LogP contribution in [0.5, 0.6) is 17.2 Å². The zero-order valence-corrected chi connectivity index (χ0v) is 12.6. The van der Waals surface area contributed by atoms with Gasteiger partial charge in [-0.3, -0.25) is 0 Å². The predicted molar refractivity (Wildman–Crippen MR) is 83.3 cm³/mol. The molecule has 0 saturated heterocycles. The molecule has 0 saturated carbocycles. The third kappa shape index (κ3) is 4.28. The molecule has 2 N–H and O–H groups in total. The van der Waals surface area contributed by atoms with Crippen molar-refractivity contribution < 1.29 is 14.2 Å². The van der Waals surface area contributed by atoms with Crippen molar-refractivity contribution in [3.63, 3.8) is 0 Å². The summed E-state index contributed by atoms with van der Waals surface area (Å²) >= 11 is 6.06. The van der Waals surface area contributed by atoms with Gasteiger partial charge in [-0.2, -0.15) is 0 Å². The van der Waals surface area contributed by atoms with E-state index in [1.165, 1.54) is 0 Å². The van der Waals surface area contributed by atoms with Crippen LogP contribution in [0.4, 0.5) is 0 Å². The highest BCUT2D eigenvalue weighted by molar-refractivity contribution is 6.31. The van der Waals surface area contributed by atoms with Crippen LogP contribution in [0, 0.1) is 0 Å². The minimum Gasteiger partial charge on any atom is -0.497 e. The average Bonchev–Trinajstić information content (AvgIpc) is 2.52. The van der Waals surface area contributed by atoms with E-state index in [1.807, 2.05) is 36.4 Å². The summed E-state index contributed by atoms with van der Waals surface area (Å²) in [5.41, 5.74) is 6.48. The van der Waals surface area contributed by atoms with E-state index in [-0.39, 0.29) is 0 Å². The zero-order valence-electron chi connectivity index (χ0n) is 11.8. The Morgan fingerprint density at radius 3 is 2.29 bits per heavy atom. The number of hydrogen-bond donors (Lipinski definition) is 1. The van der Waals surface area contributed by atoms with Crippen LogP contribution < -0.4 is 19.9 Å². The van der Waals surface area contributed by atoms with Crippen LogP contribution in [0.3, 0.4) is 0 Å². The highest BCUT2D eigenvalue weighted by Crippen LogP contribution is 2.25. The molecule has 0 aromatic heterocycles. The van der Waals surface area contributed by atoms with Crippen LogP contribution in [-0.4, -0.2) is 20.3 Å². The third-order valence-electron chi connectivity index (χ3n) is 2.95. The molecule has 21 heavy (non-hydrogen) atoms. The molecule has 0 fully saturated rings. The van der Waals surface area contributed by atoms with E-state index in [0.29, 0.717) is 30.5 Å². The molecule has 0 radical (unpaired) electrons. The van der Waals surface area contributed by atoms with Crippen LogP contribution in [0.15, 0.2) is 42.5 Å². The normalized spacial score (nSPS) is 10.2. The van der Waals surface area contributed by atoms with Crippen LogP contribution in [0.25, 0.3) is 0 Å². The number of halogens is 1. The van der Waals surface area contributed by atoms with E-state index < -0.39 is 0 Å². The largest absolute Gasteiger partial charge is 0.497 e. The van der Waals surface area contributed by atoms with Gasteiger partial charge < -0.3 is 19.9 Å². The van der Waals surface area contributed by atoms with Gasteiger partial charge >= 0.3 is 0 Å². The quantitative estimate of drug-likeness (QED) is 0.798. The van der Waals surface area contributed by atoms with Crippen LogP contribution in [0.1, 0.15) is 5.56 Å². The topological polar surface area (TPSA) is 53.7 Å². The fourth-order valence-electron chi connectivity index (χ4n) is 1.86. The first kappa shape index (κ1) is 15.5. The molecule has 0 bridgehead atoms. The highest BCUT2D eigenvalue weighted by Gasteiger charge is 2.06. The molecule has 0 amide bonds. The Kier molecular flexibility index (Phi) is 5.72. The monoisotopic (exact) mass is 307 g/mol. The van der Waals surface area contributed by atoms with Crippen molar-refractivity contribution in [3.8, 4) is 17.2 Å². The number of ether oxygens (including phenoxy) is 3. The van der Waals surface area contributed by atoms with Gasteiger partial charge in [0.1, 0.15) is 30.5 Å². The summed E-state index contributed by atoms with van der Waals surface area (Å²) in [4.78, 5) is 0. The summed E-state index contributed by atoms with van der Waals surface area (Å²) in [6.07, 6.45) is 0.